The molecule has 2 aromatic rings. The van der Waals surface area contributed by atoms with Crippen molar-refractivity contribution in [2.24, 2.45) is 0 Å². The largest absolute Gasteiger partial charge is 0.405 e. The molecule has 1 aromatic heterocycles. The first-order valence-electron chi connectivity index (χ1n) is 6.12. The van der Waals surface area contributed by atoms with Gasteiger partial charge in [0, 0.05) is 6.42 Å². The smallest absolute Gasteiger partial charge is 0.347 e. The van der Waals surface area contributed by atoms with Crippen LogP contribution in [0.15, 0.2) is 24.3 Å². The van der Waals surface area contributed by atoms with Crippen LogP contribution < -0.4 is 5.32 Å². The van der Waals surface area contributed by atoms with Crippen molar-refractivity contribution < 1.29 is 18.0 Å². The molecule has 3 nitrogen and oxygen atoms in total. The van der Waals surface area contributed by atoms with Crippen molar-refractivity contribution in [2.45, 2.75) is 25.4 Å². The number of benzene rings is 1. The number of carbonyl (C=O) groups excluding carboxylic acids is 1. The number of aromatic nitrogens is 1. The Morgan fingerprint density at radius 2 is 2.05 bits per heavy atom. The molecule has 0 aliphatic rings. The van der Waals surface area contributed by atoms with Crippen LogP contribution in [0.5, 0.6) is 0 Å². The van der Waals surface area contributed by atoms with Crippen molar-refractivity contribution in [2.75, 3.05) is 6.54 Å². The molecule has 1 aromatic carbocycles. The van der Waals surface area contributed by atoms with Gasteiger partial charge >= 0.3 is 6.18 Å². The molecular formula is C13H13F3N2OS. The molecule has 0 saturated heterocycles. The first kappa shape index (κ1) is 14.8. The topological polar surface area (TPSA) is 42.0 Å². The minimum absolute atomic E-state index is 0.0754. The zero-order valence-corrected chi connectivity index (χ0v) is 11.4. The molecule has 0 unspecified atom stereocenters. The Morgan fingerprint density at radius 3 is 2.75 bits per heavy atom. The number of nitrogens with one attached hydrogen (secondary N) is 1. The van der Waals surface area contributed by atoms with Crippen molar-refractivity contribution in [1.29, 1.82) is 0 Å². The Labute approximate surface area is 117 Å². The molecule has 0 radical (unpaired) electrons. The Balaban J connectivity index is 1.76. The van der Waals surface area contributed by atoms with Gasteiger partial charge in [-0.15, -0.1) is 11.3 Å². The lowest BCUT2D eigenvalue weighted by atomic mass is 10.2. The van der Waals surface area contributed by atoms with E-state index in [0.29, 0.717) is 12.8 Å². The summed E-state index contributed by atoms with van der Waals surface area (Å²) in [5.41, 5.74) is 0.911. The molecule has 0 atom stereocenters. The highest BCUT2D eigenvalue weighted by Gasteiger charge is 2.27. The standard InChI is InChI=1S/C13H13F3N2OS/c14-13(15,16)8-17-11(19)6-3-7-12-18-9-4-1-2-5-10(9)20-12/h1-2,4-5H,3,6-8H2,(H,17,19). The van der Waals surface area contributed by atoms with Gasteiger partial charge in [0.1, 0.15) is 6.54 Å². The fourth-order valence-electron chi connectivity index (χ4n) is 1.71. The van der Waals surface area contributed by atoms with Gasteiger partial charge in [0.2, 0.25) is 5.91 Å². The molecule has 1 amide bonds. The van der Waals surface area contributed by atoms with Gasteiger partial charge < -0.3 is 5.32 Å². The van der Waals surface area contributed by atoms with Crippen molar-refractivity contribution in [3.05, 3.63) is 29.3 Å². The highest BCUT2D eigenvalue weighted by molar-refractivity contribution is 7.18. The molecule has 1 N–H and O–H groups in total. The predicted molar refractivity (Wildman–Crippen MR) is 71.6 cm³/mol. The van der Waals surface area contributed by atoms with Crippen LogP contribution in [0.1, 0.15) is 17.8 Å². The van der Waals surface area contributed by atoms with E-state index in [0.717, 1.165) is 15.2 Å². The number of fused-ring (bicyclic) bond motifs is 1. The van der Waals surface area contributed by atoms with E-state index in [1.807, 2.05) is 29.6 Å². The van der Waals surface area contributed by atoms with Crippen LogP contribution in [0.4, 0.5) is 13.2 Å². The average molecular weight is 302 g/mol. The van der Waals surface area contributed by atoms with Gasteiger partial charge in [-0.1, -0.05) is 12.1 Å². The van der Waals surface area contributed by atoms with E-state index in [9.17, 15) is 18.0 Å². The molecule has 0 aliphatic heterocycles. The van der Waals surface area contributed by atoms with Crippen LogP contribution >= 0.6 is 11.3 Å². The molecule has 0 bridgehead atoms. The van der Waals surface area contributed by atoms with Gasteiger partial charge in [-0.2, -0.15) is 13.2 Å². The highest BCUT2D eigenvalue weighted by atomic mass is 32.1. The van der Waals surface area contributed by atoms with E-state index >= 15 is 0 Å². The summed E-state index contributed by atoms with van der Waals surface area (Å²) in [7, 11) is 0. The maximum Gasteiger partial charge on any atom is 0.405 e. The zero-order chi connectivity index (χ0) is 14.6. The third-order valence-electron chi connectivity index (χ3n) is 2.62. The molecular weight excluding hydrogens is 289 g/mol. The summed E-state index contributed by atoms with van der Waals surface area (Å²) < 4.78 is 36.8. The third-order valence-corrected chi connectivity index (χ3v) is 3.71. The summed E-state index contributed by atoms with van der Waals surface area (Å²) in [6.45, 7) is -1.27. The Bertz CT molecular complexity index is 562. The fourth-order valence-corrected chi connectivity index (χ4v) is 2.72. The lowest BCUT2D eigenvalue weighted by Gasteiger charge is -2.07. The summed E-state index contributed by atoms with van der Waals surface area (Å²) in [6.07, 6.45) is -3.20. The second-order valence-corrected chi connectivity index (χ2v) is 5.44. The number of carbonyl (C=O) groups is 1. The van der Waals surface area contributed by atoms with Crippen molar-refractivity contribution in [1.82, 2.24) is 10.3 Å². The van der Waals surface area contributed by atoms with E-state index in [4.69, 9.17) is 0 Å². The summed E-state index contributed by atoms with van der Waals surface area (Å²) in [5, 5.41) is 2.75. The van der Waals surface area contributed by atoms with E-state index in [-0.39, 0.29) is 6.42 Å². The van der Waals surface area contributed by atoms with Crippen LogP contribution in [0.2, 0.25) is 0 Å². The second-order valence-electron chi connectivity index (χ2n) is 4.32. The van der Waals surface area contributed by atoms with E-state index in [1.165, 1.54) is 0 Å². The fraction of sp³-hybridized carbons (Fsp3) is 0.385. The summed E-state index contributed by atoms with van der Waals surface area (Å²) in [6, 6.07) is 7.70. The lowest BCUT2D eigenvalue weighted by molar-refractivity contribution is -0.138. The molecule has 0 saturated carbocycles. The molecule has 20 heavy (non-hydrogen) atoms. The lowest BCUT2D eigenvalue weighted by Crippen LogP contribution is -2.33. The zero-order valence-electron chi connectivity index (χ0n) is 10.5. The van der Waals surface area contributed by atoms with Gasteiger partial charge in [-0.05, 0) is 25.0 Å². The minimum atomic E-state index is -4.36. The SMILES string of the molecule is O=C(CCCc1nc2ccccc2s1)NCC(F)(F)F. The number of nitrogens with zero attached hydrogens (tertiary/aromatic N) is 1. The summed E-state index contributed by atoms with van der Waals surface area (Å²) in [4.78, 5) is 15.6. The van der Waals surface area contributed by atoms with Gasteiger partial charge in [-0.25, -0.2) is 4.98 Å². The number of aryl methyl sites for hydroxylation is 1. The van der Waals surface area contributed by atoms with Crippen LogP contribution in [0, 0.1) is 0 Å². The van der Waals surface area contributed by atoms with Crippen LogP contribution in [-0.2, 0) is 11.2 Å². The van der Waals surface area contributed by atoms with Gasteiger partial charge in [0.15, 0.2) is 0 Å². The second kappa shape index (κ2) is 6.21. The number of alkyl halides is 3. The predicted octanol–water partition coefficient (Wildman–Crippen LogP) is 3.30. The van der Waals surface area contributed by atoms with Crippen LogP contribution in [0.25, 0.3) is 10.2 Å². The Hall–Kier alpha value is -1.63. The normalized spacial score (nSPS) is 11.8. The van der Waals surface area contributed by atoms with Gasteiger partial charge in [0.05, 0.1) is 15.2 Å². The van der Waals surface area contributed by atoms with E-state index in [2.05, 4.69) is 4.98 Å². The number of halogens is 3. The molecule has 1 heterocycles. The average Bonchev–Trinajstić information content (AvgIpc) is 2.78. The molecule has 0 fully saturated rings. The number of hydrogen-bond donors (Lipinski definition) is 1. The van der Waals surface area contributed by atoms with Gasteiger partial charge in [-0.3, -0.25) is 4.79 Å². The van der Waals surface area contributed by atoms with Crippen molar-refractivity contribution in [3.8, 4) is 0 Å². The molecule has 2 rings (SSSR count). The minimum Gasteiger partial charge on any atom is -0.347 e. The summed E-state index contributed by atoms with van der Waals surface area (Å²) >= 11 is 1.54. The quantitative estimate of drug-likeness (QED) is 0.921. The van der Waals surface area contributed by atoms with E-state index < -0.39 is 18.6 Å². The number of rotatable bonds is 5. The van der Waals surface area contributed by atoms with Crippen LogP contribution in [0.3, 0.4) is 0 Å². The monoisotopic (exact) mass is 302 g/mol. The van der Waals surface area contributed by atoms with Gasteiger partial charge in [0.25, 0.3) is 0 Å². The highest BCUT2D eigenvalue weighted by Crippen LogP contribution is 2.22. The maximum absolute atomic E-state index is 11.9. The number of amides is 1. The first-order chi connectivity index (χ1) is 9.44. The van der Waals surface area contributed by atoms with E-state index in [1.54, 1.807) is 11.3 Å². The van der Waals surface area contributed by atoms with Crippen molar-refractivity contribution in [3.63, 3.8) is 0 Å². The van der Waals surface area contributed by atoms with Crippen LogP contribution in [-0.4, -0.2) is 23.6 Å². The third kappa shape index (κ3) is 4.48. The molecule has 7 heteroatoms. The molecule has 0 aliphatic carbocycles. The first-order valence-corrected chi connectivity index (χ1v) is 6.93. The number of para-hydroxylation sites is 1. The molecule has 0 spiro atoms. The Kier molecular flexibility index (Phi) is 4.59. The Morgan fingerprint density at radius 1 is 1.30 bits per heavy atom. The maximum atomic E-state index is 11.9. The van der Waals surface area contributed by atoms with Crippen molar-refractivity contribution >= 4 is 27.5 Å². The molecule has 108 valence electrons. The number of hydrogen-bond acceptors (Lipinski definition) is 3. The summed E-state index contributed by atoms with van der Waals surface area (Å²) in [5.74, 6) is -0.580. The number of thiazole rings is 1.